The zero-order chi connectivity index (χ0) is 13.8. The average Bonchev–Trinajstić information content (AvgIpc) is 2.38. The number of phenols is 1. The van der Waals surface area contributed by atoms with E-state index >= 15 is 0 Å². The highest BCUT2D eigenvalue weighted by Gasteiger charge is 2.03. The summed E-state index contributed by atoms with van der Waals surface area (Å²) >= 11 is 0. The highest BCUT2D eigenvalue weighted by molar-refractivity contribution is 5.94. The molecule has 2 aromatic carbocycles. The van der Waals surface area contributed by atoms with Crippen molar-refractivity contribution in [2.45, 2.75) is 26.7 Å². The normalized spacial score (nSPS) is 10.4. The van der Waals surface area contributed by atoms with Gasteiger partial charge in [0.15, 0.2) is 5.78 Å². The van der Waals surface area contributed by atoms with Crippen LogP contribution in [-0.4, -0.2) is 10.9 Å². The monoisotopic (exact) mass is 254 g/mol. The molecule has 0 unspecified atom stereocenters. The maximum Gasteiger partial charge on any atom is 0.159 e. The molecule has 0 radical (unpaired) electrons. The molecular formula is C17H18O2. The van der Waals surface area contributed by atoms with Gasteiger partial charge in [-0.05, 0) is 61.6 Å². The third kappa shape index (κ3) is 3.44. The largest absolute Gasteiger partial charge is 0.508 e. The van der Waals surface area contributed by atoms with Crippen molar-refractivity contribution in [3.63, 3.8) is 0 Å². The maximum absolute atomic E-state index is 11.3. The molecule has 0 aliphatic carbocycles. The molecule has 98 valence electrons. The number of Topliss-reactive ketones (excluding diaryl/α,β-unsaturated/α-hetero) is 1. The minimum absolute atomic E-state index is 0.0997. The van der Waals surface area contributed by atoms with Gasteiger partial charge in [-0.2, -0.15) is 0 Å². The summed E-state index contributed by atoms with van der Waals surface area (Å²) in [6, 6.07) is 13.2. The van der Waals surface area contributed by atoms with Crippen LogP contribution in [0.15, 0.2) is 42.5 Å². The number of aryl methyl sites for hydroxylation is 3. The molecule has 0 saturated heterocycles. The van der Waals surface area contributed by atoms with Crippen molar-refractivity contribution in [2.75, 3.05) is 0 Å². The molecule has 0 spiro atoms. The standard InChI is InChI=1S/C17H18O2/c1-12-10-17(19)9-8-15(12)7-6-14-4-3-5-16(11-14)13(2)18/h3-5,8-11,19H,6-7H2,1-2H3. The SMILES string of the molecule is CC(=O)c1cccc(CCc2ccc(O)cc2C)c1. The quantitative estimate of drug-likeness (QED) is 0.845. The van der Waals surface area contributed by atoms with Gasteiger partial charge in [0.05, 0.1) is 0 Å². The molecule has 0 fully saturated rings. The maximum atomic E-state index is 11.3. The van der Waals surface area contributed by atoms with Crippen LogP contribution in [0.25, 0.3) is 0 Å². The lowest BCUT2D eigenvalue weighted by Gasteiger charge is -2.07. The van der Waals surface area contributed by atoms with E-state index in [0.717, 1.165) is 24.0 Å². The van der Waals surface area contributed by atoms with Gasteiger partial charge in [-0.25, -0.2) is 0 Å². The molecule has 2 aromatic rings. The van der Waals surface area contributed by atoms with Crippen LogP contribution in [0.2, 0.25) is 0 Å². The first-order chi connectivity index (χ1) is 9.06. The van der Waals surface area contributed by atoms with Crippen molar-refractivity contribution in [3.05, 3.63) is 64.7 Å². The average molecular weight is 254 g/mol. The molecule has 0 aliphatic heterocycles. The Hall–Kier alpha value is -2.09. The number of benzene rings is 2. The van der Waals surface area contributed by atoms with E-state index < -0.39 is 0 Å². The Kier molecular flexibility index (Phi) is 4.00. The number of rotatable bonds is 4. The highest BCUT2D eigenvalue weighted by Crippen LogP contribution is 2.18. The summed E-state index contributed by atoms with van der Waals surface area (Å²) in [4.78, 5) is 11.3. The second kappa shape index (κ2) is 5.70. The van der Waals surface area contributed by atoms with E-state index in [0.29, 0.717) is 5.75 Å². The number of carbonyl (C=O) groups excluding carboxylic acids is 1. The van der Waals surface area contributed by atoms with Gasteiger partial charge in [-0.15, -0.1) is 0 Å². The second-order valence-corrected chi connectivity index (χ2v) is 4.87. The number of ketones is 1. The Bertz CT molecular complexity index is 600. The van der Waals surface area contributed by atoms with E-state index in [1.54, 1.807) is 19.1 Å². The first kappa shape index (κ1) is 13.3. The van der Waals surface area contributed by atoms with Gasteiger partial charge in [0.25, 0.3) is 0 Å². The fourth-order valence-electron chi connectivity index (χ4n) is 2.19. The lowest BCUT2D eigenvalue weighted by Crippen LogP contribution is -1.97. The zero-order valence-electron chi connectivity index (χ0n) is 11.3. The van der Waals surface area contributed by atoms with E-state index in [2.05, 4.69) is 0 Å². The van der Waals surface area contributed by atoms with Crippen LogP contribution in [0.5, 0.6) is 5.75 Å². The molecule has 0 heterocycles. The van der Waals surface area contributed by atoms with Crippen LogP contribution in [-0.2, 0) is 12.8 Å². The van der Waals surface area contributed by atoms with E-state index in [1.807, 2.05) is 37.3 Å². The van der Waals surface area contributed by atoms with E-state index in [-0.39, 0.29) is 5.78 Å². The fourth-order valence-corrected chi connectivity index (χ4v) is 2.19. The predicted octanol–water partition coefficient (Wildman–Crippen LogP) is 3.69. The summed E-state index contributed by atoms with van der Waals surface area (Å²) in [7, 11) is 0. The van der Waals surface area contributed by atoms with Crippen LogP contribution >= 0.6 is 0 Å². The predicted molar refractivity (Wildman–Crippen MR) is 76.7 cm³/mol. The Morgan fingerprint density at radius 3 is 2.58 bits per heavy atom. The minimum atomic E-state index is 0.0997. The molecule has 0 saturated carbocycles. The molecule has 0 atom stereocenters. The van der Waals surface area contributed by atoms with Crippen molar-refractivity contribution >= 4 is 5.78 Å². The molecule has 0 aromatic heterocycles. The fraction of sp³-hybridized carbons (Fsp3) is 0.235. The van der Waals surface area contributed by atoms with Crippen LogP contribution in [0, 0.1) is 6.92 Å². The first-order valence-electron chi connectivity index (χ1n) is 6.44. The first-order valence-corrected chi connectivity index (χ1v) is 6.44. The summed E-state index contributed by atoms with van der Waals surface area (Å²) < 4.78 is 0. The number of carbonyl (C=O) groups is 1. The van der Waals surface area contributed by atoms with Gasteiger partial charge in [-0.3, -0.25) is 4.79 Å². The number of aromatic hydroxyl groups is 1. The highest BCUT2D eigenvalue weighted by atomic mass is 16.3. The zero-order valence-corrected chi connectivity index (χ0v) is 11.3. The van der Waals surface area contributed by atoms with E-state index in [9.17, 15) is 9.90 Å². The van der Waals surface area contributed by atoms with Gasteiger partial charge in [-0.1, -0.05) is 24.3 Å². The van der Waals surface area contributed by atoms with Crippen molar-refractivity contribution in [1.82, 2.24) is 0 Å². The molecule has 0 bridgehead atoms. The lowest BCUT2D eigenvalue weighted by molar-refractivity contribution is 0.101. The molecule has 2 nitrogen and oxygen atoms in total. The summed E-state index contributed by atoms with van der Waals surface area (Å²) in [5.74, 6) is 0.405. The molecule has 0 aliphatic rings. The van der Waals surface area contributed by atoms with Gasteiger partial charge >= 0.3 is 0 Å². The molecule has 1 N–H and O–H groups in total. The number of hydrogen-bond acceptors (Lipinski definition) is 2. The van der Waals surface area contributed by atoms with Gasteiger partial charge in [0, 0.05) is 5.56 Å². The van der Waals surface area contributed by atoms with Crippen molar-refractivity contribution in [2.24, 2.45) is 0 Å². The molecule has 19 heavy (non-hydrogen) atoms. The molecular weight excluding hydrogens is 236 g/mol. The topological polar surface area (TPSA) is 37.3 Å². The smallest absolute Gasteiger partial charge is 0.159 e. The summed E-state index contributed by atoms with van der Waals surface area (Å²) in [6.45, 7) is 3.59. The van der Waals surface area contributed by atoms with Crippen molar-refractivity contribution < 1.29 is 9.90 Å². The van der Waals surface area contributed by atoms with Crippen LogP contribution in [0.1, 0.15) is 34.0 Å². The van der Waals surface area contributed by atoms with Gasteiger partial charge < -0.3 is 5.11 Å². The summed E-state index contributed by atoms with van der Waals surface area (Å²) in [5.41, 5.74) is 4.26. The number of phenolic OH excluding ortho intramolecular Hbond substituents is 1. The minimum Gasteiger partial charge on any atom is -0.508 e. The van der Waals surface area contributed by atoms with E-state index in [4.69, 9.17) is 0 Å². The third-order valence-corrected chi connectivity index (χ3v) is 3.34. The van der Waals surface area contributed by atoms with Crippen molar-refractivity contribution in [1.29, 1.82) is 0 Å². The van der Waals surface area contributed by atoms with Crippen LogP contribution < -0.4 is 0 Å². The second-order valence-electron chi connectivity index (χ2n) is 4.87. The van der Waals surface area contributed by atoms with Gasteiger partial charge in [0.1, 0.15) is 5.75 Å². The Morgan fingerprint density at radius 1 is 1.11 bits per heavy atom. The van der Waals surface area contributed by atoms with Crippen LogP contribution in [0.3, 0.4) is 0 Å². The Balaban J connectivity index is 2.10. The van der Waals surface area contributed by atoms with Crippen LogP contribution in [0.4, 0.5) is 0 Å². The third-order valence-electron chi connectivity index (χ3n) is 3.34. The lowest BCUT2D eigenvalue weighted by atomic mass is 9.99. The molecule has 2 heteroatoms. The van der Waals surface area contributed by atoms with E-state index in [1.165, 1.54) is 11.1 Å². The Morgan fingerprint density at radius 2 is 1.89 bits per heavy atom. The van der Waals surface area contributed by atoms with Crippen molar-refractivity contribution in [3.8, 4) is 5.75 Å². The van der Waals surface area contributed by atoms with Gasteiger partial charge in [0.2, 0.25) is 0 Å². The Labute approximate surface area is 113 Å². The summed E-state index contributed by atoms with van der Waals surface area (Å²) in [6.07, 6.45) is 1.81. The number of hydrogen-bond donors (Lipinski definition) is 1. The summed E-state index contributed by atoms with van der Waals surface area (Å²) in [5, 5.41) is 9.38. The molecule has 2 rings (SSSR count). The molecule has 0 amide bonds.